The molecule has 2 atom stereocenters. The van der Waals surface area contributed by atoms with E-state index in [2.05, 4.69) is 55.4 Å². The molecule has 0 heterocycles. The molecule has 0 spiro atoms. The molecule has 48 heavy (non-hydrogen) atoms. The molecule has 0 aromatic carbocycles. The number of carbonyl (C=O) groups is 2. The lowest BCUT2D eigenvalue weighted by Crippen LogP contribution is -2.20. The van der Waals surface area contributed by atoms with Crippen molar-refractivity contribution in [2.75, 3.05) is 0 Å². The Morgan fingerprint density at radius 2 is 0.583 bits per heavy atom. The van der Waals surface area contributed by atoms with Gasteiger partial charge in [0.15, 0.2) is 0 Å². The third-order valence-electron chi connectivity index (χ3n) is 10.6. The summed E-state index contributed by atoms with van der Waals surface area (Å²) in [5, 5.41) is 17.3. The summed E-state index contributed by atoms with van der Waals surface area (Å²) in [5.41, 5.74) is 0.858. The van der Waals surface area contributed by atoms with E-state index in [1.165, 1.54) is 154 Å². The molecule has 2 N–H and O–H groups in total. The molecular weight excluding hydrogens is 592 g/mol. The topological polar surface area (TPSA) is 74.6 Å². The summed E-state index contributed by atoms with van der Waals surface area (Å²) in [6, 6.07) is 0. The van der Waals surface area contributed by atoms with Crippen molar-refractivity contribution in [2.45, 2.75) is 248 Å². The standard InChI is InChI=1S/2C22H44O2/c1-5-6-7-8-11-14-17-20(22(2,3)4)18-15-12-9-10-13-16-19-21(23)24;1-5-6-7-8-9-11-14-17-20(22(2,3)4)18-15-12-10-13-16-19-21(23)24/h2*20H,5-19H2,1-4H3,(H,23,24). The number of aliphatic carboxylic acids is 2. The summed E-state index contributed by atoms with van der Waals surface area (Å²) in [6.07, 6.45) is 37.1. The third kappa shape index (κ3) is 36.2. The fourth-order valence-electron chi connectivity index (χ4n) is 7.11. The van der Waals surface area contributed by atoms with Crippen molar-refractivity contribution < 1.29 is 19.8 Å². The molecule has 0 aliphatic rings. The predicted molar refractivity (Wildman–Crippen MR) is 211 cm³/mol. The monoisotopic (exact) mass is 681 g/mol. The fraction of sp³-hybridized carbons (Fsp3) is 0.955. The fourth-order valence-corrected chi connectivity index (χ4v) is 7.11. The predicted octanol–water partition coefficient (Wildman–Crippen LogP) is 15.2. The van der Waals surface area contributed by atoms with Gasteiger partial charge in [-0.05, 0) is 61.2 Å². The van der Waals surface area contributed by atoms with E-state index in [1.54, 1.807) is 0 Å². The number of unbranched alkanes of at least 4 members (excludes halogenated alkanes) is 20. The first-order valence-electron chi connectivity index (χ1n) is 21.2. The quantitative estimate of drug-likeness (QED) is 0.0693. The number of hydrogen-bond donors (Lipinski definition) is 2. The van der Waals surface area contributed by atoms with Crippen LogP contribution in [0.5, 0.6) is 0 Å². The van der Waals surface area contributed by atoms with Crippen molar-refractivity contribution >= 4 is 11.9 Å². The second-order valence-electron chi connectivity index (χ2n) is 17.3. The molecular formula is C44H88O4. The van der Waals surface area contributed by atoms with Gasteiger partial charge in [-0.1, -0.05) is 197 Å². The Labute approximate surface area is 301 Å². The van der Waals surface area contributed by atoms with Crippen LogP contribution in [0.25, 0.3) is 0 Å². The van der Waals surface area contributed by atoms with Crippen LogP contribution < -0.4 is 0 Å². The van der Waals surface area contributed by atoms with Gasteiger partial charge in [0, 0.05) is 12.8 Å². The maximum Gasteiger partial charge on any atom is 0.303 e. The lowest BCUT2D eigenvalue weighted by Gasteiger charge is -2.31. The van der Waals surface area contributed by atoms with E-state index in [1.807, 2.05) is 0 Å². The number of carboxylic acid groups (broad SMARTS) is 2. The van der Waals surface area contributed by atoms with Gasteiger partial charge in [-0.15, -0.1) is 0 Å². The molecule has 4 nitrogen and oxygen atoms in total. The van der Waals surface area contributed by atoms with Crippen molar-refractivity contribution in [2.24, 2.45) is 22.7 Å². The molecule has 0 aromatic rings. The van der Waals surface area contributed by atoms with Gasteiger partial charge in [0.1, 0.15) is 0 Å². The Hall–Kier alpha value is -1.06. The van der Waals surface area contributed by atoms with Crippen LogP contribution in [0.15, 0.2) is 0 Å². The summed E-state index contributed by atoms with van der Waals surface area (Å²) in [5.74, 6) is 0.387. The molecule has 0 radical (unpaired) electrons. The van der Waals surface area contributed by atoms with Gasteiger partial charge < -0.3 is 10.2 Å². The molecule has 288 valence electrons. The van der Waals surface area contributed by atoms with Crippen LogP contribution in [0.2, 0.25) is 0 Å². The van der Waals surface area contributed by atoms with Gasteiger partial charge in [-0.25, -0.2) is 0 Å². The van der Waals surface area contributed by atoms with Crippen molar-refractivity contribution in [1.82, 2.24) is 0 Å². The van der Waals surface area contributed by atoms with Gasteiger partial charge in [0.25, 0.3) is 0 Å². The van der Waals surface area contributed by atoms with Crippen LogP contribution in [-0.4, -0.2) is 22.2 Å². The van der Waals surface area contributed by atoms with Crippen LogP contribution in [-0.2, 0) is 9.59 Å². The summed E-state index contributed by atoms with van der Waals surface area (Å²) >= 11 is 0. The Kier molecular flexibility index (Phi) is 33.8. The minimum atomic E-state index is -0.655. The smallest absolute Gasteiger partial charge is 0.303 e. The molecule has 0 aliphatic carbocycles. The number of rotatable bonds is 32. The van der Waals surface area contributed by atoms with E-state index in [9.17, 15) is 9.59 Å². The van der Waals surface area contributed by atoms with E-state index in [4.69, 9.17) is 10.2 Å². The summed E-state index contributed by atoms with van der Waals surface area (Å²) in [6.45, 7) is 19.0. The van der Waals surface area contributed by atoms with Crippen molar-refractivity contribution in [3.8, 4) is 0 Å². The van der Waals surface area contributed by atoms with Crippen LogP contribution in [0.3, 0.4) is 0 Å². The maximum atomic E-state index is 10.5. The molecule has 0 fully saturated rings. The summed E-state index contributed by atoms with van der Waals surface area (Å²) in [7, 11) is 0. The third-order valence-corrected chi connectivity index (χ3v) is 10.6. The van der Waals surface area contributed by atoms with Gasteiger partial charge in [-0.2, -0.15) is 0 Å². The van der Waals surface area contributed by atoms with E-state index in [0.29, 0.717) is 23.7 Å². The van der Waals surface area contributed by atoms with Crippen molar-refractivity contribution in [1.29, 1.82) is 0 Å². The second-order valence-corrected chi connectivity index (χ2v) is 17.3. The molecule has 2 unspecified atom stereocenters. The molecule has 0 saturated heterocycles. The Morgan fingerprint density at radius 3 is 0.792 bits per heavy atom. The molecule has 0 aromatic heterocycles. The Bertz CT molecular complexity index is 702. The normalized spacial score (nSPS) is 13.2. The zero-order valence-corrected chi connectivity index (χ0v) is 34.1. The molecule has 0 bridgehead atoms. The minimum absolute atomic E-state index is 0.336. The molecule has 0 saturated carbocycles. The lowest BCUT2D eigenvalue weighted by atomic mass is 9.75. The van der Waals surface area contributed by atoms with Crippen LogP contribution >= 0.6 is 0 Å². The van der Waals surface area contributed by atoms with Gasteiger partial charge in [0.05, 0.1) is 0 Å². The summed E-state index contributed by atoms with van der Waals surface area (Å²) < 4.78 is 0. The highest BCUT2D eigenvalue weighted by Gasteiger charge is 2.24. The van der Waals surface area contributed by atoms with Gasteiger partial charge in [-0.3, -0.25) is 9.59 Å². The van der Waals surface area contributed by atoms with E-state index < -0.39 is 11.9 Å². The zero-order chi connectivity index (χ0) is 36.5. The van der Waals surface area contributed by atoms with Crippen LogP contribution in [0.1, 0.15) is 248 Å². The minimum Gasteiger partial charge on any atom is -0.481 e. The van der Waals surface area contributed by atoms with Crippen LogP contribution in [0, 0.1) is 22.7 Å². The van der Waals surface area contributed by atoms with E-state index in [0.717, 1.165) is 37.5 Å². The van der Waals surface area contributed by atoms with Gasteiger partial charge in [0.2, 0.25) is 0 Å². The molecule has 0 amide bonds. The largest absolute Gasteiger partial charge is 0.481 e. The van der Waals surface area contributed by atoms with E-state index in [-0.39, 0.29) is 0 Å². The first-order chi connectivity index (χ1) is 22.8. The lowest BCUT2D eigenvalue weighted by molar-refractivity contribution is -0.138. The SMILES string of the molecule is CCCCCCCCC(CCCCCCCCC(=O)O)C(C)(C)C.CCCCCCCCCC(CCCCCCCC(=O)O)C(C)(C)C. The van der Waals surface area contributed by atoms with Crippen LogP contribution in [0.4, 0.5) is 0 Å². The second kappa shape index (κ2) is 33.1. The highest BCUT2D eigenvalue weighted by molar-refractivity contribution is 5.66. The Morgan fingerprint density at radius 1 is 0.375 bits per heavy atom. The van der Waals surface area contributed by atoms with Crippen molar-refractivity contribution in [3.05, 3.63) is 0 Å². The van der Waals surface area contributed by atoms with E-state index >= 15 is 0 Å². The number of carboxylic acids is 2. The zero-order valence-electron chi connectivity index (χ0n) is 34.1. The average Bonchev–Trinajstić information content (AvgIpc) is 2.99. The molecule has 0 rings (SSSR count). The average molecular weight is 681 g/mol. The Balaban J connectivity index is 0. The van der Waals surface area contributed by atoms with Crippen molar-refractivity contribution in [3.63, 3.8) is 0 Å². The highest BCUT2D eigenvalue weighted by Crippen LogP contribution is 2.36. The maximum absolute atomic E-state index is 10.5. The molecule has 0 aliphatic heterocycles. The summed E-state index contributed by atoms with van der Waals surface area (Å²) in [4.78, 5) is 20.9. The molecule has 4 heteroatoms. The van der Waals surface area contributed by atoms with Gasteiger partial charge >= 0.3 is 11.9 Å². The first-order valence-corrected chi connectivity index (χ1v) is 21.2. The highest BCUT2D eigenvalue weighted by atomic mass is 16.4. The number of hydrogen-bond acceptors (Lipinski definition) is 2. The first kappa shape index (κ1) is 49.1.